The second-order valence-corrected chi connectivity index (χ2v) is 5.74. The highest BCUT2D eigenvalue weighted by molar-refractivity contribution is 4.67. The first-order chi connectivity index (χ1) is 8.95. The number of ether oxygens (including phenoxy) is 2. The van der Waals surface area contributed by atoms with Crippen LogP contribution in [0.1, 0.15) is 51.4 Å². The summed E-state index contributed by atoms with van der Waals surface area (Å²) in [5, 5.41) is 3.56. The Hall–Kier alpha value is -0.120. The van der Waals surface area contributed by atoms with Crippen LogP contribution in [0.25, 0.3) is 0 Å². The highest BCUT2D eigenvalue weighted by Crippen LogP contribution is 2.20. The normalized spacial score (nSPS) is 23.3. The third-order valence-corrected chi connectivity index (χ3v) is 4.18. The molecule has 0 bridgehead atoms. The Labute approximate surface area is 112 Å². The molecule has 0 spiro atoms. The first-order valence-corrected chi connectivity index (χ1v) is 7.85. The van der Waals surface area contributed by atoms with Crippen LogP contribution in [0.2, 0.25) is 0 Å². The Morgan fingerprint density at radius 2 is 1.78 bits per heavy atom. The largest absolute Gasteiger partial charge is 0.381 e. The molecule has 0 amide bonds. The molecule has 1 saturated heterocycles. The molecule has 1 heterocycles. The molecule has 0 unspecified atom stereocenters. The van der Waals surface area contributed by atoms with Crippen LogP contribution in [0.3, 0.4) is 0 Å². The van der Waals surface area contributed by atoms with Crippen molar-refractivity contribution in [2.45, 2.75) is 57.5 Å². The Morgan fingerprint density at radius 1 is 1.00 bits per heavy atom. The van der Waals surface area contributed by atoms with E-state index < -0.39 is 0 Å². The van der Waals surface area contributed by atoms with Gasteiger partial charge in [-0.15, -0.1) is 0 Å². The molecule has 3 nitrogen and oxygen atoms in total. The molecule has 1 aliphatic carbocycles. The van der Waals surface area contributed by atoms with Crippen LogP contribution in [-0.4, -0.2) is 39.0 Å². The third kappa shape index (κ3) is 5.68. The van der Waals surface area contributed by atoms with Gasteiger partial charge in [0.25, 0.3) is 0 Å². The highest BCUT2D eigenvalue weighted by atomic mass is 16.5. The standard InChI is InChI=1S/C15H29NO2/c1-2-5-15(6-3-1)18-10-4-9-16-13-14-7-11-17-12-8-14/h14-16H,1-13H2. The fourth-order valence-electron chi connectivity index (χ4n) is 2.94. The molecule has 0 aromatic rings. The lowest BCUT2D eigenvalue weighted by molar-refractivity contribution is 0.0268. The summed E-state index contributed by atoms with van der Waals surface area (Å²) in [5.41, 5.74) is 0. The van der Waals surface area contributed by atoms with E-state index in [4.69, 9.17) is 9.47 Å². The Morgan fingerprint density at radius 3 is 2.56 bits per heavy atom. The van der Waals surface area contributed by atoms with Gasteiger partial charge in [0.2, 0.25) is 0 Å². The summed E-state index contributed by atoms with van der Waals surface area (Å²) in [4.78, 5) is 0. The molecule has 2 fully saturated rings. The van der Waals surface area contributed by atoms with Crippen molar-refractivity contribution >= 4 is 0 Å². The minimum absolute atomic E-state index is 0.564. The van der Waals surface area contributed by atoms with Crippen molar-refractivity contribution in [2.24, 2.45) is 5.92 Å². The van der Waals surface area contributed by atoms with Gasteiger partial charge >= 0.3 is 0 Å². The Balaban J connectivity index is 1.39. The van der Waals surface area contributed by atoms with E-state index in [9.17, 15) is 0 Å². The van der Waals surface area contributed by atoms with Crippen molar-refractivity contribution < 1.29 is 9.47 Å². The highest BCUT2D eigenvalue weighted by Gasteiger charge is 2.14. The number of hydrogen-bond acceptors (Lipinski definition) is 3. The van der Waals surface area contributed by atoms with E-state index in [0.29, 0.717) is 6.10 Å². The van der Waals surface area contributed by atoms with Crippen LogP contribution in [0.5, 0.6) is 0 Å². The molecule has 0 atom stereocenters. The zero-order valence-corrected chi connectivity index (χ0v) is 11.7. The number of hydrogen-bond donors (Lipinski definition) is 1. The van der Waals surface area contributed by atoms with Crippen molar-refractivity contribution in [1.82, 2.24) is 5.32 Å². The third-order valence-electron chi connectivity index (χ3n) is 4.18. The van der Waals surface area contributed by atoms with Crippen molar-refractivity contribution in [3.8, 4) is 0 Å². The Bertz CT molecular complexity index is 177. The summed E-state index contributed by atoms with van der Waals surface area (Å²) in [7, 11) is 0. The predicted molar refractivity (Wildman–Crippen MR) is 73.9 cm³/mol. The van der Waals surface area contributed by atoms with Crippen LogP contribution in [0.4, 0.5) is 0 Å². The van der Waals surface area contributed by atoms with Gasteiger partial charge in [-0.05, 0) is 51.1 Å². The summed E-state index contributed by atoms with van der Waals surface area (Å²) < 4.78 is 11.3. The van der Waals surface area contributed by atoms with Crippen LogP contribution in [0.15, 0.2) is 0 Å². The van der Waals surface area contributed by atoms with Gasteiger partial charge in [-0.25, -0.2) is 0 Å². The maximum absolute atomic E-state index is 5.91. The molecular formula is C15H29NO2. The molecule has 3 heteroatoms. The lowest BCUT2D eigenvalue weighted by atomic mass is 9.98. The summed E-state index contributed by atoms with van der Waals surface area (Å²) in [6.45, 7) is 5.11. The molecular weight excluding hydrogens is 226 g/mol. The van der Waals surface area contributed by atoms with E-state index in [1.807, 2.05) is 0 Å². The van der Waals surface area contributed by atoms with Crippen molar-refractivity contribution in [3.63, 3.8) is 0 Å². The molecule has 0 radical (unpaired) electrons. The molecule has 0 aromatic heterocycles. The molecule has 106 valence electrons. The van der Waals surface area contributed by atoms with Crippen LogP contribution in [-0.2, 0) is 9.47 Å². The number of rotatable bonds is 7. The first-order valence-electron chi connectivity index (χ1n) is 7.85. The average molecular weight is 255 g/mol. The summed E-state index contributed by atoms with van der Waals surface area (Å²) in [6, 6.07) is 0. The van der Waals surface area contributed by atoms with Crippen LogP contribution >= 0.6 is 0 Å². The van der Waals surface area contributed by atoms with E-state index in [-0.39, 0.29) is 0 Å². The topological polar surface area (TPSA) is 30.5 Å². The van der Waals surface area contributed by atoms with Crippen molar-refractivity contribution in [2.75, 3.05) is 32.9 Å². The second-order valence-electron chi connectivity index (χ2n) is 5.74. The predicted octanol–water partition coefficient (Wildman–Crippen LogP) is 2.74. The zero-order valence-electron chi connectivity index (χ0n) is 11.7. The maximum atomic E-state index is 5.91. The van der Waals surface area contributed by atoms with Gasteiger partial charge in [-0.3, -0.25) is 0 Å². The summed E-state index contributed by atoms with van der Waals surface area (Å²) in [5.74, 6) is 0.831. The SMILES string of the molecule is C1CCC(OCCCNCC2CCOCC2)CC1. The van der Waals surface area contributed by atoms with Crippen molar-refractivity contribution in [3.05, 3.63) is 0 Å². The quantitative estimate of drug-likeness (QED) is 0.710. The second kappa shape index (κ2) is 8.89. The minimum Gasteiger partial charge on any atom is -0.381 e. The molecule has 1 aliphatic heterocycles. The molecule has 1 saturated carbocycles. The molecule has 2 aliphatic rings. The molecule has 1 N–H and O–H groups in total. The maximum Gasteiger partial charge on any atom is 0.0575 e. The van der Waals surface area contributed by atoms with Gasteiger partial charge in [0.05, 0.1) is 6.10 Å². The fraction of sp³-hybridized carbons (Fsp3) is 1.00. The van der Waals surface area contributed by atoms with Crippen LogP contribution < -0.4 is 5.32 Å². The van der Waals surface area contributed by atoms with E-state index in [1.165, 1.54) is 44.9 Å². The monoisotopic (exact) mass is 255 g/mol. The van der Waals surface area contributed by atoms with Gasteiger partial charge in [-0.1, -0.05) is 19.3 Å². The fourth-order valence-corrected chi connectivity index (χ4v) is 2.94. The van der Waals surface area contributed by atoms with E-state index >= 15 is 0 Å². The van der Waals surface area contributed by atoms with Crippen LogP contribution in [0, 0.1) is 5.92 Å². The summed E-state index contributed by atoms with van der Waals surface area (Å²) in [6.07, 6.45) is 10.9. The van der Waals surface area contributed by atoms with E-state index in [2.05, 4.69) is 5.32 Å². The smallest absolute Gasteiger partial charge is 0.0575 e. The number of nitrogens with one attached hydrogen (secondary N) is 1. The lowest BCUT2D eigenvalue weighted by Gasteiger charge is -2.23. The average Bonchev–Trinajstić information content (AvgIpc) is 2.45. The first kappa shape index (κ1) is 14.3. The van der Waals surface area contributed by atoms with E-state index in [0.717, 1.165) is 45.2 Å². The van der Waals surface area contributed by atoms with Gasteiger partial charge in [-0.2, -0.15) is 0 Å². The summed E-state index contributed by atoms with van der Waals surface area (Å²) >= 11 is 0. The lowest BCUT2D eigenvalue weighted by Crippen LogP contribution is -2.29. The van der Waals surface area contributed by atoms with Gasteiger partial charge in [0.1, 0.15) is 0 Å². The zero-order chi connectivity index (χ0) is 12.5. The molecule has 0 aromatic carbocycles. The van der Waals surface area contributed by atoms with Gasteiger partial charge < -0.3 is 14.8 Å². The van der Waals surface area contributed by atoms with Gasteiger partial charge in [0, 0.05) is 19.8 Å². The molecule has 2 rings (SSSR count). The minimum atomic E-state index is 0.564. The van der Waals surface area contributed by atoms with Crippen molar-refractivity contribution in [1.29, 1.82) is 0 Å². The Kier molecular flexibility index (Phi) is 7.06. The molecule has 18 heavy (non-hydrogen) atoms. The van der Waals surface area contributed by atoms with E-state index in [1.54, 1.807) is 0 Å². The van der Waals surface area contributed by atoms with Gasteiger partial charge in [0.15, 0.2) is 0 Å².